The number of aliphatic hydroxyl groups is 2. The third kappa shape index (κ3) is 7.08. The molecule has 1 aliphatic heterocycles. The highest BCUT2D eigenvalue weighted by Gasteiger charge is 2.45. The van der Waals surface area contributed by atoms with Crippen molar-refractivity contribution >= 4 is 29.1 Å². The fraction of sp³-hybridized carbons (Fsp3) is 0.600. The number of nitrogens with one attached hydrogen (secondary N) is 2. The van der Waals surface area contributed by atoms with Gasteiger partial charge in [0.05, 0.1) is 22.2 Å². The highest BCUT2D eigenvalue weighted by atomic mass is 32.1. The van der Waals surface area contributed by atoms with Crippen LogP contribution in [0.4, 0.5) is 0 Å². The van der Waals surface area contributed by atoms with E-state index in [9.17, 15) is 24.6 Å². The molecule has 10 heteroatoms. The summed E-state index contributed by atoms with van der Waals surface area (Å²) in [6, 6.07) is 6.27. The summed E-state index contributed by atoms with van der Waals surface area (Å²) in [6.07, 6.45) is 2.28. The van der Waals surface area contributed by atoms with E-state index >= 15 is 0 Å². The van der Waals surface area contributed by atoms with Crippen molar-refractivity contribution in [3.8, 4) is 10.4 Å². The molecule has 0 radical (unpaired) electrons. The third-order valence-corrected chi connectivity index (χ3v) is 9.15. The highest BCUT2D eigenvalue weighted by molar-refractivity contribution is 7.13. The van der Waals surface area contributed by atoms with Crippen LogP contribution in [-0.2, 0) is 20.9 Å². The Labute approximate surface area is 240 Å². The van der Waals surface area contributed by atoms with Crippen molar-refractivity contribution in [3.63, 3.8) is 0 Å². The van der Waals surface area contributed by atoms with Crippen molar-refractivity contribution < 1.29 is 24.6 Å². The van der Waals surface area contributed by atoms with E-state index < -0.39 is 23.6 Å². The predicted octanol–water partition coefficient (Wildman–Crippen LogP) is 3.03. The number of thiazole rings is 1. The Morgan fingerprint density at radius 3 is 2.35 bits per heavy atom. The van der Waals surface area contributed by atoms with Crippen molar-refractivity contribution in [3.05, 3.63) is 41.0 Å². The first kappa shape index (κ1) is 30.1. The number of likely N-dealkylation sites (tertiary alicyclic amines) is 1. The number of aryl methyl sites for hydroxylation is 1. The Hall–Kier alpha value is -2.82. The molecule has 2 aromatic rings. The van der Waals surface area contributed by atoms with Crippen LogP contribution in [0.2, 0.25) is 0 Å². The van der Waals surface area contributed by atoms with Crippen LogP contribution in [0.3, 0.4) is 0 Å². The number of carbonyl (C=O) groups is 3. The van der Waals surface area contributed by atoms with Crippen LogP contribution in [0, 0.1) is 24.2 Å². The second kappa shape index (κ2) is 12.8. The molecule has 218 valence electrons. The second-order valence-electron chi connectivity index (χ2n) is 12.3. The molecular weight excluding hydrogens is 528 g/mol. The standard InChI is InChI=1S/C30H42N4O5S/c1-18-25(40-17-32-18)21-9-5-19(6-10-21)14-31-28(38)24-13-23(36)15-34(24)29(39)26(30(2,3)4)33-27(37)22-11-7-20(16-35)8-12-22/h5-6,9-10,17,20,22-24,26,35-36H,7-8,11-16H2,1-4H3,(H,31,38)(H,33,37)/t20-,22-,23-,24+,26-/m1/s1. The highest BCUT2D eigenvalue weighted by Crippen LogP contribution is 2.31. The van der Waals surface area contributed by atoms with E-state index in [1.165, 1.54) is 4.90 Å². The first-order chi connectivity index (χ1) is 19.0. The smallest absolute Gasteiger partial charge is 0.246 e. The zero-order chi connectivity index (χ0) is 29.0. The van der Waals surface area contributed by atoms with Crippen molar-refractivity contribution in [2.75, 3.05) is 13.2 Å². The van der Waals surface area contributed by atoms with Gasteiger partial charge in [0.25, 0.3) is 0 Å². The van der Waals surface area contributed by atoms with Crippen LogP contribution in [-0.4, -0.2) is 69.2 Å². The first-order valence-corrected chi connectivity index (χ1v) is 15.0. The predicted molar refractivity (Wildman–Crippen MR) is 154 cm³/mol. The van der Waals surface area contributed by atoms with Crippen LogP contribution in [0.5, 0.6) is 0 Å². The van der Waals surface area contributed by atoms with Crippen molar-refractivity contribution in [1.29, 1.82) is 0 Å². The Morgan fingerprint density at radius 2 is 1.77 bits per heavy atom. The molecule has 2 heterocycles. The van der Waals surface area contributed by atoms with Gasteiger partial charge in [-0.3, -0.25) is 14.4 Å². The lowest BCUT2D eigenvalue weighted by Crippen LogP contribution is -2.58. The third-order valence-electron chi connectivity index (χ3n) is 8.17. The summed E-state index contributed by atoms with van der Waals surface area (Å²) in [4.78, 5) is 47.0. The van der Waals surface area contributed by atoms with Gasteiger partial charge in [-0.2, -0.15) is 0 Å². The van der Waals surface area contributed by atoms with Gasteiger partial charge >= 0.3 is 0 Å². The quantitative estimate of drug-likeness (QED) is 0.386. The van der Waals surface area contributed by atoms with Gasteiger partial charge in [-0.15, -0.1) is 11.3 Å². The maximum atomic E-state index is 13.8. The molecule has 1 saturated carbocycles. The number of carbonyl (C=O) groups excluding carboxylic acids is 3. The van der Waals surface area contributed by atoms with Gasteiger partial charge in [-0.1, -0.05) is 45.0 Å². The minimum absolute atomic E-state index is 0.0455. The molecule has 0 spiro atoms. The largest absolute Gasteiger partial charge is 0.396 e. The number of hydrogen-bond acceptors (Lipinski definition) is 7. The summed E-state index contributed by atoms with van der Waals surface area (Å²) < 4.78 is 0. The number of aromatic nitrogens is 1. The van der Waals surface area contributed by atoms with Crippen molar-refractivity contribution in [2.45, 2.75) is 84.5 Å². The molecular formula is C30H42N4O5S. The van der Waals surface area contributed by atoms with Gasteiger partial charge in [-0.25, -0.2) is 4.98 Å². The molecule has 9 nitrogen and oxygen atoms in total. The molecule has 1 aromatic carbocycles. The maximum absolute atomic E-state index is 13.8. The molecule has 1 aliphatic carbocycles. The summed E-state index contributed by atoms with van der Waals surface area (Å²) in [7, 11) is 0. The van der Waals surface area contributed by atoms with E-state index in [4.69, 9.17) is 0 Å². The lowest BCUT2D eigenvalue weighted by Gasteiger charge is -2.36. The minimum atomic E-state index is -0.834. The van der Waals surface area contributed by atoms with E-state index in [2.05, 4.69) is 15.6 Å². The fourth-order valence-electron chi connectivity index (χ4n) is 5.65. The summed E-state index contributed by atoms with van der Waals surface area (Å²) in [5.41, 5.74) is 4.20. The van der Waals surface area contributed by atoms with Gasteiger partial charge in [0.15, 0.2) is 0 Å². The lowest BCUT2D eigenvalue weighted by molar-refractivity contribution is -0.144. The Bertz CT molecular complexity index is 1180. The van der Waals surface area contributed by atoms with E-state index in [0.717, 1.165) is 34.5 Å². The monoisotopic (exact) mass is 570 g/mol. The number of benzene rings is 1. The Kier molecular flexibility index (Phi) is 9.64. The molecule has 4 N–H and O–H groups in total. The van der Waals surface area contributed by atoms with Gasteiger partial charge in [-0.05, 0) is 55.1 Å². The number of aliphatic hydroxyl groups excluding tert-OH is 2. The van der Waals surface area contributed by atoms with Crippen LogP contribution < -0.4 is 10.6 Å². The maximum Gasteiger partial charge on any atom is 0.246 e. The van der Waals surface area contributed by atoms with Crippen LogP contribution in [0.15, 0.2) is 29.8 Å². The molecule has 1 saturated heterocycles. The minimum Gasteiger partial charge on any atom is -0.396 e. The molecule has 4 rings (SSSR count). The normalized spacial score (nSPS) is 24.0. The molecule has 0 bridgehead atoms. The Morgan fingerprint density at radius 1 is 1.10 bits per heavy atom. The molecule has 2 aliphatic rings. The van der Waals surface area contributed by atoms with Gasteiger partial charge in [0.2, 0.25) is 17.7 Å². The summed E-state index contributed by atoms with van der Waals surface area (Å²) in [5, 5.41) is 25.7. The molecule has 3 atom stereocenters. The topological polar surface area (TPSA) is 132 Å². The van der Waals surface area contributed by atoms with E-state index in [1.54, 1.807) is 11.3 Å². The number of β-amino-alcohol motifs (C(OH)–C–C–N with tert-alkyl or cyclic N) is 1. The molecule has 40 heavy (non-hydrogen) atoms. The van der Waals surface area contributed by atoms with Crippen molar-refractivity contribution in [2.24, 2.45) is 17.3 Å². The van der Waals surface area contributed by atoms with Crippen LogP contribution in [0.25, 0.3) is 10.4 Å². The summed E-state index contributed by atoms with van der Waals surface area (Å²) in [5.74, 6) is -0.813. The van der Waals surface area contributed by atoms with E-state index in [1.807, 2.05) is 57.5 Å². The van der Waals surface area contributed by atoms with Crippen LogP contribution in [0.1, 0.15) is 64.1 Å². The van der Waals surface area contributed by atoms with Gasteiger partial charge in [0, 0.05) is 32.0 Å². The summed E-state index contributed by atoms with van der Waals surface area (Å²) >= 11 is 1.59. The number of nitrogens with zero attached hydrogens (tertiary/aromatic N) is 2. The van der Waals surface area contributed by atoms with Gasteiger partial charge in [0.1, 0.15) is 12.1 Å². The molecule has 2 fully saturated rings. The number of amides is 3. The lowest BCUT2D eigenvalue weighted by atomic mass is 9.80. The first-order valence-electron chi connectivity index (χ1n) is 14.1. The van der Waals surface area contributed by atoms with Crippen LogP contribution >= 0.6 is 11.3 Å². The second-order valence-corrected chi connectivity index (χ2v) is 13.1. The average molecular weight is 571 g/mol. The molecule has 0 unspecified atom stereocenters. The summed E-state index contributed by atoms with van der Waals surface area (Å²) in [6.45, 7) is 8.11. The van der Waals surface area contributed by atoms with E-state index in [0.29, 0.717) is 19.4 Å². The zero-order valence-corrected chi connectivity index (χ0v) is 24.7. The number of rotatable bonds is 8. The van der Waals surface area contributed by atoms with Gasteiger partial charge < -0.3 is 25.7 Å². The molecule has 1 aromatic heterocycles. The Balaban J connectivity index is 1.39. The fourth-order valence-corrected chi connectivity index (χ4v) is 6.46. The number of hydrogen-bond donors (Lipinski definition) is 4. The average Bonchev–Trinajstić information content (AvgIpc) is 3.54. The van der Waals surface area contributed by atoms with Crippen molar-refractivity contribution in [1.82, 2.24) is 20.5 Å². The molecule has 3 amide bonds. The van der Waals surface area contributed by atoms with E-state index in [-0.39, 0.29) is 49.1 Å². The SMILES string of the molecule is Cc1ncsc1-c1ccc(CNC(=O)[C@@H]2C[C@@H](O)CN2C(=O)[C@@H](NC(=O)[C@H]2CC[C@H](CO)CC2)C(C)(C)C)cc1. The zero-order valence-electron chi connectivity index (χ0n) is 23.9.